The van der Waals surface area contributed by atoms with Gasteiger partial charge in [0.1, 0.15) is 0 Å². The molecule has 1 heteroatoms. The van der Waals surface area contributed by atoms with Crippen LogP contribution in [0.2, 0.25) is 0 Å². The smallest absolute Gasteiger partial charge is 0.00363 e. The number of hydrogen-bond donors (Lipinski definition) is 1. The third-order valence-corrected chi connectivity index (χ3v) is 1.59. The summed E-state index contributed by atoms with van der Waals surface area (Å²) in [7, 11) is 0. The molecule has 0 fully saturated rings. The van der Waals surface area contributed by atoms with Gasteiger partial charge in [-0.1, -0.05) is 27.7 Å². The van der Waals surface area contributed by atoms with Gasteiger partial charge in [0.25, 0.3) is 0 Å². The molecule has 0 rings (SSSR count). The van der Waals surface area contributed by atoms with Crippen molar-refractivity contribution in [2.45, 2.75) is 47.1 Å². The van der Waals surface area contributed by atoms with Crippen molar-refractivity contribution in [2.75, 3.05) is 6.54 Å². The molecule has 0 aromatic heterocycles. The van der Waals surface area contributed by atoms with Gasteiger partial charge >= 0.3 is 0 Å². The second kappa shape index (κ2) is 3.97. The van der Waals surface area contributed by atoms with E-state index in [-0.39, 0.29) is 0 Å². The van der Waals surface area contributed by atoms with Gasteiger partial charge in [0.05, 0.1) is 0 Å². The maximum absolute atomic E-state index is 3.47. The maximum atomic E-state index is 3.47. The highest BCUT2D eigenvalue weighted by atomic mass is 14.9. The summed E-state index contributed by atoms with van der Waals surface area (Å²) in [6, 6.07) is 0.666. The van der Waals surface area contributed by atoms with Gasteiger partial charge in [0, 0.05) is 12.6 Å². The molecule has 0 saturated heterocycles. The van der Waals surface area contributed by atoms with Crippen LogP contribution in [0.15, 0.2) is 0 Å². The van der Waals surface area contributed by atoms with Crippen molar-refractivity contribution >= 4 is 0 Å². The first-order valence-corrected chi connectivity index (χ1v) is 4.19. The Morgan fingerprint density at radius 3 is 2.10 bits per heavy atom. The molecule has 0 spiro atoms. The second-order valence-corrected chi connectivity index (χ2v) is 4.25. The quantitative estimate of drug-likeness (QED) is 0.640. The molecule has 62 valence electrons. The molecule has 0 aromatic rings. The molecule has 0 aliphatic carbocycles. The van der Waals surface area contributed by atoms with Gasteiger partial charge in [-0.15, -0.1) is 0 Å². The number of nitrogens with one attached hydrogen (secondary N) is 1. The first-order chi connectivity index (χ1) is 4.45. The summed E-state index contributed by atoms with van der Waals surface area (Å²) >= 11 is 0. The van der Waals surface area contributed by atoms with Crippen molar-refractivity contribution in [1.82, 2.24) is 5.32 Å². The average molecular weight is 143 g/mol. The van der Waals surface area contributed by atoms with Crippen LogP contribution in [0.25, 0.3) is 0 Å². The Bertz CT molecular complexity index is 81.2. The average Bonchev–Trinajstić information content (AvgIpc) is 1.81. The first kappa shape index (κ1) is 9.96. The standard InChI is InChI=1S/C9H21N/c1-6-8(2)10-7-9(3,4)5/h8,10H,6-7H2,1-5H3/t8-/m1/s1. The fourth-order valence-corrected chi connectivity index (χ4v) is 0.625. The van der Waals surface area contributed by atoms with Crippen LogP contribution in [-0.4, -0.2) is 12.6 Å². The van der Waals surface area contributed by atoms with E-state index in [2.05, 4.69) is 39.9 Å². The lowest BCUT2D eigenvalue weighted by atomic mass is 9.96. The Hall–Kier alpha value is -0.0400. The molecule has 0 amide bonds. The van der Waals surface area contributed by atoms with Crippen molar-refractivity contribution in [3.63, 3.8) is 0 Å². The van der Waals surface area contributed by atoms with E-state index in [0.717, 1.165) is 6.54 Å². The van der Waals surface area contributed by atoms with Crippen molar-refractivity contribution in [2.24, 2.45) is 5.41 Å². The van der Waals surface area contributed by atoms with E-state index in [1.807, 2.05) is 0 Å². The molecule has 0 unspecified atom stereocenters. The predicted molar refractivity (Wildman–Crippen MR) is 47.2 cm³/mol. The molecule has 0 heterocycles. The lowest BCUT2D eigenvalue weighted by Gasteiger charge is -2.21. The van der Waals surface area contributed by atoms with E-state index in [1.165, 1.54) is 6.42 Å². The summed E-state index contributed by atoms with van der Waals surface area (Å²) in [5.74, 6) is 0. The summed E-state index contributed by atoms with van der Waals surface area (Å²) < 4.78 is 0. The topological polar surface area (TPSA) is 12.0 Å². The molecular weight excluding hydrogens is 122 g/mol. The third kappa shape index (κ3) is 6.09. The molecule has 1 atom stereocenters. The zero-order valence-electron chi connectivity index (χ0n) is 7.99. The van der Waals surface area contributed by atoms with Crippen LogP contribution in [0.3, 0.4) is 0 Å². The van der Waals surface area contributed by atoms with Crippen LogP contribution in [0.1, 0.15) is 41.0 Å². The minimum Gasteiger partial charge on any atom is -0.314 e. The molecule has 10 heavy (non-hydrogen) atoms. The molecule has 0 aliphatic heterocycles. The normalized spacial score (nSPS) is 15.3. The Morgan fingerprint density at radius 2 is 1.80 bits per heavy atom. The first-order valence-electron chi connectivity index (χ1n) is 4.19. The Morgan fingerprint density at radius 1 is 1.30 bits per heavy atom. The zero-order chi connectivity index (χ0) is 8.20. The van der Waals surface area contributed by atoms with Crippen molar-refractivity contribution in [1.29, 1.82) is 0 Å². The minimum atomic E-state index is 0.420. The van der Waals surface area contributed by atoms with E-state index in [0.29, 0.717) is 11.5 Å². The largest absolute Gasteiger partial charge is 0.314 e. The van der Waals surface area contributed by atoms with Crippen LogP contribution in [0.5, 0.6) is 0 Å². The van der Waals surface area contributed by atoms with Crippen molar-refractivity contribution < 1.29 is 0 Å². The second-order valence-electron chi connectivity index (χ2n) is 4.25. The molecule has 1 nitrogen and oxygen atoms in total. The highest BCUT2D eigenvalue weighted by Crippen LogP contribution is 2.10. The summed E-state index contributed by atoms with van der Waals surface area (Å²) in [5, 5.41) is 3.47. The van der Waals surface area contributed by atoms with E-state index >= 15 is 0 Å². The van der Waals surface area contributed by atoms with Gasteiger partial charge in [0.2, 0.25) is 0 Å². The van der Waals surface area contributed by atoms with E-state index in [4.69, 9.17) is 0 Å². The summed E-state index contributed by atoms with van der Waals surface area (Å²) in [6.45, 7) is 12.3. The third-order valence-electron chi connectivity index (χ3n) is 1.59. The van der Waals surface area contributed by atoms with E-state index in [9.17, 15) is 0 Å². The molecule has 0 bridgehead atoms. The van der Waals surface area contributed by atoms with E-state index < -0.39 is 0 Å². The lowest BCUT2D eigenvalue weighted by Crippen LogP contribution is -2.33. The molecule has 0 aromatic carbocycles. The highest BCUT2D eigenvalue weighted by molar-refractivity contribution is 4.67. The highest BCUT2D eigenvalue weighted by Gasteiger charge is 2.10. The Balaban J connectivity index is 3.36. The van der Waals surface area contributed by atoms with Crippen LogP contribution in [0, 0.1) is 5.41 Å². The van der Waals surface area contributed by atoms with Crippen molar-refractivity contribution in [3.8, 4) is 0 Å². The lowest BCUT2D eigenvalue weighted by molar-refractivity contribution is 0.354. The van der Waals surface area contributed by atoms with Crippen LogP contribution < -0.4 is 5.32 Å². The Labute approximate surface area is 65.2 Å². The SMILES string of the molecule is CC[C@@H](C)NCC(C)(C)C. The summed E-state index contributed by atoms with van der Waals surface area (Å²) in [4.78, 5) is 0. The summed E-state index contributed by atoms with van der Waals surface area (Å²) in [6.07, 6.45) is 1.22. The fraction of sp³-hybridized carbons (Fsp3) is 1.00. The van der Waals surface area contributed by atoms with Crippen LogP contribution >= 0.6 is 0 Å². The van der Waals surface area contributed by atoms with Gasteiger partial charge in [-0.2, -0.15) is 0 Å². The molecule has 0 saturated carbocycles. The van der Waals surface area contributed by atoms with Crippen molar-refractivity contribution in [3.05, 3.63) is 0 Å². The Kier molecular flexibility index (Phi) is 3.95. The maximum Gasteiger partial charge on any atom is 0.00363 e. The monoisotopic (exact) mass is 143 g/mol. The fourth-order valence-electron chi connectivity index (χ4n) is 0.625. The minimum absolute atomic E-state index is 0.420. The van der Waals surface area contributed by atoms with Gasteiger partial charge in [-0.3, -0.25) is 0 Å². The molecular formula is C9H21N. The van der Waals surface area contributed by atoms with Gasteiger partial charge in [-0.05, 0) is 18.8 Å². The molecule has 0 aliphatic rings. The molecule has 0 radical (unpaired) electrons. The van der Waals surface area contributed by atoms with Gasteiger partial charge in [-0.25, -0.2) is 0 Å². The van der Waals surface area contributed by atoms with Gasteiger partial charge < -0.3 is 5.32 Å². The molecule has 1 N–H and O–H groups in total. The zero-order valence-corrected chi connectivity index (χ0v) is 7.99. The number of hydrogen-bond acceptors (Lipinski definition) is 1. The van der Waals surface area contributed by atoms with E-state index in [1.54, 1.807) is 0 Å². The van der Waals surface area contributed by atoms with Crippen LogP contribution in [-0.2, 0) is 0 Å². The summed E-state index contributed by atoms with van der Waals surface area (Å²) in [5.41, 5.74) is 0.420. The number of rotatable bonds is 3. The van der Waals surface area contributed by atoms with Gasteiger partial charge in [0.15, 0.2) is 0 Å². The predicted octanol–water partition coefficient (Wildman–Crippen LogP) is 2.42. The van der Waals surface area contributed by atoms with Crippen LogP contribution in [0.4, 0.5) is 0 Å².